The molecule has 0 saturated heterocycles. The zero-order valence-electron chi connectivity index (χ0n) is 15.0. The first-order valence-corrected chi connectivity index (χ1v) is 8.46. The Morgan fingerprint density at radius 1 is 1.15 bits per heavy atom. The van der Waals surface area contributed by atoms with Crippen molar-refractivity contribution in [2.24, 2.45) is 0 Å². The maximum absolute atomic E-state index is 11.7. The largest absolute Gasteiger partial charge is 0.496 e. The fourth-order valence-electron chi connectivity index (χ4n) is 2.56. The van der Waals surface area contributed by atoms with Gasteiger partial charge in [0.1, 0.15) is 18.5 Å². The first kappa shape index (κ1) is 19.8. The summed E-state index contributed by atoms with van der Waals surface area (Å²) in [5.41, 5.74) is 2.37. The van der Waals surface area contributed by atoms with E-state index in [9.17, 15) is 15.0 Å². The molecule has 6 nitrogen and oxygen atoms in total. The molecule has 140 valence electrons. The van der Waals surface area contributed by atoms with Crippen LogP contribution >= 0.6 is 0 Å². The van der Waals surface area contributed by atoms with E-state index in [4.69, 9.17) is 9.47 Å². The van der Waals surface area contributed by atoms with E-state index in [0.717, 1.165) is 16.9 Å². The minimum atomic E-state index is -1.04. The van der Waals surface area contributed by atoms with Gasteiger partial charge in [-0.25, -0.2) is 4.79 Å². The predicted octanol–water partition coefficient (Wildman–Crippen LogP) is 2.71. The van der Waals surface area contributed by atoms with Crippen LogP contribution in [-0.2, 0) is 11.3 Å². The van der Waals surface area contributed by atoms with Crippen LogP contribution in [0.3, 0.4) is 0 Å². The molecule has 2 unspecified atom stereocenters. The molecule has 2 rings (SSSR count). The predicted molar refractivity (Wildman–Crippen MR) is 97.9 cm³/mol. The number of hydrogen-bond donors (Lipinski definition) is 3. The van der Waals surface area contributed by atoms with E-state index in [1.165, 1.54) is 0 Å². The van der Waals surface area contributed by atoms with Crippen LogP contribution < -0.4 is 10.1 Å². The Morgan fingerprint density at radius 3 is 2.54 bits per heavy atom. The summed E-state index contributed by atoms with van der Waals surface area (Å²) in [5, 5.41) is 23.0. The second-order valence-electron chi connectivity index (χ2n) is 6.02. The molecule has 1 amide bonds. The molecule has 2 atom stereocenters. The third kappa shape index (κ3) is 5.75. The highest BCUT2D eigenvalue weighted by atomic mass is 16.5. The van der Waals surface area contributed by atoms with Gasteiger partial charge in [-0.1, -0.05) is 36.4 Å². The van der Waals surface area contributed by atoms with Gasteiger partial charge in [0.05, 0.1) is 13.2 Å². The maximum atomic E-state index is 11.7. The SMILES string of the molecule is COc1ccc(C(O)C(O)CCNC(=O)OCc2ccccc2)cc1C. The smallest absolute Gasteiger partial charge is 0.407 e. The number of carbonyl (C=O) groups is 1. The third-order valence-electron chi connectivity index (χ3n) is 4.05. The molecule has 0 bridgehead atoms. The van der Waals surface area contributed by atoms with Crippen LogP contribution in [0.2, 0.25) is 0 Å². The number of aryl methyl sites for hydroxylation is 1. The summed E-state index contributed by atoms with van der Waals surface area (Å²) in [7, 11) is 1.58. The molecule has 0 saturated carbocycles. The van der Waals surface area contributed by atoms with Crippen LogP contribution in [0.25, 0.3) is 0 Å². The average molecular weight is 359 g/mol. The molecule has 0 fully saturated rings. The van der Waals surface area contributed by atoms with Crippen LogP contribution in [0.15, 0.2) is 48.5 Å². The molecule has 0 aliphatic rings. The van der Waals surface area contributed by atoms with E-state index >= 15 is 0 Å². The second-order valence-corrected chi connectivity index (χ2v) is 6.02. The Hall–Kier alpha value is -2.57. The van der Waals surface area contributed by atoms with E-state index in [2.05, 4.69) is 5.32 Å². The van der Waals surface area contributed by atoms with Gasteiger partial charge in [0, 0.05) is 6.54 Å². The summed E-state index contributed by atoms with van der Waals surface area (Å²) >= 11 is 0. The fraction of sp³-hybridized carbons (Fsp3) is 0.350. The molecule has 0 aliphatic heterocycles. The van der Waals surface area contributed by atoms with Crippen molar-refractivity contribution < 1.29 is 24.5 Å². The van der Waals surface area contributed by atoms with E-state index in [1.807, 2.05) is 37.3 Å². The summed E-state index contributed by atoms with van der Waals surface area (Å²) in [6, 6.07) is 14.6. The molecule has 0 aliphatic carbocycles. The van der Waals surface area contributed by atoms with E-state index < -0.39 is 18.3 Å². The average Bonchev–Trinajstić information content (AvgIpc) is 2.66. The molecule has 0 heterocycles. The summed E-state index contributed by atoms with van der Waals surface area (Å²) in [6.45, 7) is 2.25. The lowest BCUT2D eigenvalue weighted by Crippen LogP contribution is -2.29. The Morgan fingerprint density at radius 2 is 1.88 bits per heavy atom. The highest BCUT2D eigenvalue weighted by Crippen LogP contribution is 2.25. The number of aliphatic hydroxyl groups is 2. The van der Waals surface area contributed by atoms with Gasteiger partial charge in [-0.05, 0) is 42.2 Å². The summed E-state index contributed by atoms with van der Waals surface area (Å²) < 4.78 is 10.3. The maximum Gasteiger partial charge on any atom is 0.407 e. The molecule has 2 aromatic carbocycles. The number of amides is 1. The second kappa shape index (κ2) is 9.79. The molecule has 6 heteroatoms. The Balaban J connectivity index is 1.74. The first-order chi connectivity index (χ1) is 12.5. The number of ether oxygens (including phenoxy) is 2. The van der Waals surface area contributed by atoms with Gasteiger partial charge in [-0.2, -0.15) is 0 Å². The molecule has 0 spiro atoms. The molecular formula is C20H25NO5. The molecule has 0 aromatic heterocycles. The van der Waals surface area contributed by atoms with Gasteiger partial charge in [-0.15, -0.1) is 0 Å². The van der Waals surface area contributed by atoms with Crippen LogP contribution in [0.5, 0.6) is 5.75 Å². The summed E-state index contributed by atoms with van der Waals surface area (Å²) in [5.74, 6) is 0.721. The van der Waals surface area contributed by atoms with Gasteiger partial charge in [0.15, 0.2) is 0 Å². The molecule has 3 N–H and O–H groups in total. The molecule has 26 heavy (non-hydrogen) atoms. The first-order valence-electron chi connectivity index (χ1n) is 8.46. The van der Waals surface area contributed by atoms with Crippen molar-refractivity contribution in [2.75, 3.05) is 13.7 Å². The highest BCUT2D eigenvalue weighted by Gasteiger charge is 2.19. The van der Waals surface area contributed by atoms with Crippen LogP contribution in [0, 0.1) is 6.92 Å². The fourth-order valence-corrected chi connectivity index (χ4v) is 2.56. The van der Waals surface area contributed by atoms with Crippen molar-refractivity contribution in [2.45, 2.75) is 32.2 Å². The topological polar surface area (TPSA) is 88.0 Å². The zero-order chi connectivity index (χ0) is 18.9. The number of aliphatic hydroxyl groups excluding tert-OH is 2. The van der Waals surface area contributed by atoms with Crippen LogP contribution in [0.1, 0.15) is 29.2 Å². The van der Waals surface area contributed by atoms with Crippen molar-refractivity contribution >= 4 is 6.09 Å². The Kier molecular flexibility index (Phi) is 7.44. The van der Waals surface area contributed by atoms with Crippen molar-refractivity contribution in [1.82, 2.24) is 5.32 Å². The number of alkyl carbamates (subject to hydrolysis) is 1. The van der Waals surface area contributed by atoms with Crippen molar-refractivity contribution in [3.63, 3.8) is 0 Å². The number of methoxy groups -OCH3 is 1. The molecule has 2 aromatic rings. The van der Waals surface area contributed by atoms with Gasteiger partial charge in [-0.3, -0.25) is 0 Å². The van der Waals surface area contributed by atoms with Crippen molar-refractivity contribution in [1.29, 1.82) is 0 Å². The standard InChI is InChI=1S/C20H25NO5/c1-14-12-16(8-9-18(14)25-2)19(23)17(22)10-11-21-20(24)26-13-15-6-4-3-5-7-15/h3-9,12,17,19,22-23H,10-11,13H2,1-2H3,(H,21,24). The number of carbonyl (C=O) groups excluding carboxylic acids is 1. The molecular weight excluding hydrogens is 334 g/mol. The summed E-state index contributed by atoms with van der Waals surface area (Å²) in [4.78, 5) is 11.7. The van der Waals surface area contributed by atoms with E-state index in [0.29, 0.717) is 5.56 Å². The van der Waals surface area contributed by atoms with Crippen LogP contribution in [-0.4, -0.2) is 36.1 Å². The number of nitrogens with one attached hydrogen (secondary N) is 1. The number of hydrogen-bond acceptors (Lipinski definition) is 5. The monoisotopic (exact) mass is 359 g/mol. The van der Waals surface area contributed by atoms with Gasteiger partial charge >= 0.3 is 6.09 Å². The highest BCUT2D eigenvalue weighted by molar-refractivity contribution is 5.67. The van der Waals surface area contributed by atoms with Crippen molar-refractivity contribution in [3.05, 3.63) is 65.2 Å². The minimum Gasteiger partial charge on any atom is -0.496 e. The van der Waals surface area contributed by atoms with Crippen LogP contribution in [0.4, 0.5) is 4.79 Å². The Labute approximate surface area is 153 Å². The summed E-state index contributed by atoms with van der Waals surface area (Å²) in [6.07, 6.45) is -2.40. The molecule has 0 radical (unpaired) electrons. The quantitative estimate of drug-likeness (QED) is 0.674. The lowest BCUT2D eigenvalue weighted by molar-refractivity contribution is 0.0136. The Bertz CT molecular complexity index is 705. The van der Waals surface area contributed by atoms with Crippen molar-refractivity contribution in [3.8, 4) is 5.75 Å². The third-order valence-corrected chi connectivity index (χ3v) is 4.05. The normalized spacial score (nSPS) is 12.9. The minimum absolute atomic E-state index is 0.184. The van der Waals surface area contributed by atoms with Gasteiger partial charge < -0.3 is 25.0 Å². The lowest BCUT2D eigenvalue weighted by atomic mass is 10.00. The lowest BCUT2D eigenvalue weighted by Gasteiger charge is -2.19. The van der Waals surface area contributed by atoms with E-state index in [1.54, 1.807) is 25.3 Å². The van der Waals surface area contributed by atoms with Gasteiger partial charge in [0.2, 0.25) is 0 Å². The number of rotatable bonds is 8. The number of benzene rings is 2. The zero-order valence-corrected chi connectivity index (χ0v) is 15.0. The van der Waals surface area contributed by atoms with E-state index in [-0.39, 0.29) is 19.6 Å². The van der Waals surface area contributed by atoms with Gasteiger partial charge in [0.25, 0.3) is 0 Å².